The smallest absolute Gasteiger partial charge is 0.229 e. The first-order chi connectivity index (χ1) is 13.0. The van der Waals surface area contributed by atoms with Gasteiger partial charge in [0.2, 0.25) is 11.8 Å². The molecule has 1 aliphatic rings. The highest BCUT2D eigenvalue weighted by Crippen LogP contribution is 2.32. The zero-order valence-corrected chi connectivity index (χ0v) is 15.5. The first kappa shape index (κ1) is 17.3. The van der Waals surface area contributed by atoms with Gasteiger partial charge in [-0.25, -0.2) is 0 Å². The molecule has 0 saturated carbocycles. The second-order valence-electron chi connectivity index (χ2n) is 7.16. The molecule has 1 saturated heterocycles. The molecule has 1 aliphatic heterocycles. The molecule has 3 aromatic carbocycles. The van der Waals surface area contributed by atoms with Crippen molar-refractivity contribution in [3.63, 3.8) is 0 Å². The van der Waals surface area contributed by atoms with Crippen LogP contribution >= 0.6 is 0 Å². The molecule has 1 heterocycles. The van der Waals surface area contributed by atoms with Crippen molar-refractivity contribution in [2.24, 2.45) is 5.92 Å². The van der Waals surface area contributed by atoms with E-state index in [0.29, 0.717) is 6.54 Å². The Morgan fingerprint density at radius 2 is 1.63 bits per heavy atom. The maximum atomic E-state index is 12.9. The van der Waals surface area contributed by atoms with E-state index in [1.165, 1.54) is 0 Å². The number of benzene rings is 3. The van der Waals surface area contributed by atoms with Crippen molar-refractivity contribution in [1.29, 1.82) is 0 Å². The normalized spacial score (nSPS) is 16.7. The lowest BCUT2D eigenvalue weighted by molar-refractivity contribution is -0.122. The number of para-hydroxylation sites is 1. The quantitative estimate of drug-likeness (QED) is 0.752. The third kappa shape index (κ3) is 3.19. The average molecular weight is 358 g/mol. The van der Waals surface area contributed by atoms with Gasteiger partial charge >= 0.3 is 0 Å². The highest BCUT2D eigenvalue weighted by atomic mass is 16.2. The number of fused-ring (bicyclic) bond motifs is 1. The van der Waals surface area contributed by atoms with Gasteiger partial charge in [0, 0.05) is 29.7 Å². The summed E-state index contributed by atoms with van der Waals surface area (Å²) in [6, 6.07) is 19.8. The van der Waals surface area contributed by atoms with E-state index < -0.39 is 0 Å². The van der Waals surface area contributed by atoms with Crippen LogP contribution in [0.4, 0.5) is 11.4 Å². The number of amides is 2. The molecule has 136 valence electrons. The van der Waals surface area contributed by atoms with Crippen LogP contribution < -0.4 is 10.2 Å². The van der Waals surface area contributed by atoms with Crippen molar-refractivity contribution in [3.8, 4) is 0 Å². The molecule has 2 amide bonds. The second-order valence-corrected chi connectivity index (χ2v) is 7.16. The van der Waals surface area contributed by atoms with E-state index in [4.69, 9.17) is 0 Å². The number of hydrogen-bond acceptors (Lipinski definition) is 2. The molecule has 4 heteroatoms. The molecule has 1 fully saturated rings. The van der Waals surface area contributed by atoms with Crippen molar-refractivity contribution in [2.45, 2.75) is 20.3 Å². The van der Waals surface area contributed by atoms with Crippen molar-refractivity contribution in [3.05, 3.63) is 71.8 Å². The zero-order valence-electron chi connectivity index (χ0n) is 15.5. The van der Waals surface area contributed by atoms with Gasteiger partial charge < -0.3 is 10.2 Å². The molecule has 0 spiro atoms. The summed E-state index contributed by atoms with van der Waals surface area (Å²) in [6.07, 6.45) is 0.240. The average Bonchev–Trinajstić information content (AvgIpc) is 3.04. The monoisotopic (exact) mass is 358 g/mol. The molecule has 4 rings (SSSR count). The highest BCUT2D eigenvalue weighted by Gasteiger charge is 2.36. The molecule has 1 atom stereocenters. The van der Waals surface area contributed by atoms with E-state index in [1.54, 1.807) is 4.90 Å². The lowest BCUT2D eigenvalue weighted by Gasteiger charge is -2.21. The van der Waals surface area contributed by atoms with Gasteiger partial charge in [-0.2, -0.15) is 0 Å². The van der Waals surface area contributed by atoms with Crippen LogP contribution in [0, 0.1) is 19.8 Å². The Balaban J connectivity index is 1.56. The molecule has 0 aromatic heterocycles. The Bertz CT molecular complexity index is 1020. The van der Waals surface area contributed by atoms with Crippen molar-refractivity contribution in [1.82, 2.24) is 0 Å². The SMILES string of the molecule is Cc1cccc(C)c1N1C[C@@H](C(=O)Nc2cccc3ccccc23)CC1=O. The summed E-state index contributed by atoms with van der Waals surface area (Å²) in [5, 5.41) is 5.11. The van der Waals surface area contributed by atoms with Gasteiger partial charge in [-0.1, -0.05) is 54.6 Å². The van der Waals surface area contributed by atoms with Crippen LogP contribution in [-0.4, -0.2) is 18.4 Å². The predicted molar refractivity (Wildman–Crippen MR) is 109 cm³/mol. The standard InChI is InChI=1S/C23H22N2O2/c1-15-7-5-8-16(2)22(15)25-14-18(13-21(25)26)23(27)24-20-12-6-10-17-9-3-4-11-19(17)20/h3-12,18H,13-14H2,1-2H3,(H,24,27)/t18-/m0/s1. The highest BCUT2D eigenvalue weighted by molar-refractivity contribution is 6.07. The van der Waals surface area contributed by atoms with E-state index in [9.17, 15) is 9.59 Å². The van der Waals surface area contributed by atoms with Crippen LogP contribution in [0.3, 0.4) is 0 Å². The van der Waals surface area contributed by atoms with Crippen LogP contribution in [0.1, 0.15) is 17.5 Å². The number of carbonyl (C=O) groups excluding carboxylic acids is 2. The van der Waals surface area contributed by atoms with Gasteiger partial charge in [-0.15, -0.1) is 0 Å². The number of anilines is 2. The van der Waals surface area contributed by atoms with Gasteiger partial charge in [0.05, 0.1) is 5.92 Å². The molecule has 1 N–H and O–H groups in total. The van der Waals surface area contributed by atoms with Crippen LogP contribution in [0.2, 0.25) is 0 Å². The molecule has 3 aromatic rings. The third-order valence-corrected chi connectivity index (χ3v) is 5.25. The minimum absolute atomic E-state index is 0.00506. The first-order valence-corrected chi connectivity index (χ1v) is 9.20. The minimum atomic E-state index is -0.351. The summed E-state index contributed by atoms with van der Waals surface area (Å²) in [6.45, 7) is 4.42. The van der Waals surface area contributed by atoms with Gasteiger partial charge in [0.15, 0.2) is 0 Å². The molecule has 0 aliphatic carbocycles. The summed E-state index contributed by atoms with van der Waals surface area (Å²) >= 11 is 0. The summed E-state index contributed by atoms with van der Waals surface area (Å²) in [5.74, 6) is -0.450. The fourth-order valence-electron chi connectivity index (χ4n) is 3.90. The third-order valence-electron chi connectivity index (χ3n) is 5.25. The zero-order chi connectivity index (χ0) is 19.0. The number of hydrogen-bond donors (Lipinski definition) is 1. The van der Waals surface area contributed by atoms with Crippen LogP contribution in [-0.2, 0) is 9.59 Å². The van der Waals surface area contributed by atoms with Gasteiger partial charge in [0.1, 0.15) is 0 Å². The van der Waals surface area contributed by atoms with Crippen molar-refractivity contribution < 1.29 is 9.59 Å². The van der Waals surface area contributed by atoms with E-state index in [-0.39, 0.29) is 24.2 Å². The topological polar surface area (TPSA) is 49.4 Å². The predicted octanol–water partition coefficient (Wildman–Crippen LogP) is 4.45. The first-order valence-electron chi connectivity index (χ1n) is 9.20. The van der Waals surface area contributed by atoms with Crippen molar-refractivity contribution in [2.75, 3.05) is 16.8 Å². The lowest BCUT2D eigenvalue weighted by atomic mass is 10.1. The fraction of sp³-hybridized carbons (Fsp3) is 0.217. The van der Waals surface area contributed by atoms with Crippen molar-refractivity contribution >= 4 is 34.0 Å². The van der Waals surface area contributed by atoms with Gasteiger partial charge in [0.25, 0.3) is 0 Å². The molecule has 0 radical (unpaired) electrons. The van der Waals surface area contributed by atoms with E-state index in [1.807, 2.05) is 74.5 Å². The molecule has 0 bridgehead atoms. The fourth-order valence-corrected chi connectivity index (χ4v) is 3.90. The van der Waals surface area contributed by atoms with Crippen LogP contribution in [0.15, 0.2) is 60.7 Å². The number of carbonyl (C=O) groups is 2. The maximum Gasteiger partial charge on any atom is 0.229 e. The molecular weight excluding hydrogens is 336 g/mol. The summed E-state index contributed by atoms with van der Waals surface area (Å²) in [7, 11) is 0. The maximum absolute atomic E-state index is 12.9. The lowest BCUT2D eigenvalue weighted by Crippen LogP contribution is -2.29. The largest absolute Gasteiger partial charge is 0.325 e. The summed E-state index contributed by atoms with van der Waals surface area (Å²) in [4.78, 5) is 27.2. The minimum Gasteiger partial charge on any atom is -0.325 e. The second kappa shape index (κ2) is 6.88. The number of nitrogens with zero attached hydrogens (tertiary/aromatic N) is 1. The number of aryl methyl sites for hydroxylation is 2. The summed E-state index contributed by atoms with van der Waals surface area (Å²) in [5.41, 5.74) is 3.83. The van der Waals surface area contributed by atoms with Crippen LogP contribution in [0.25, 0.3) is 10.8 Å². The Hall–Kier alpha value is -3.14. The van der Waals surface area contributed by atoms with Crippen LogP contribution in [0.5, 0.6) is 0 Å². The molecular formula is C23H22N2O2. The Kier molecular flexibility index (Phi) is 4.40. The van der Waals surface area contributed by atoms with E-state index in [0.717, 1.165) is 33.3 Å². The van der Waals surface area contributed by atoms with Gasteiger partial charge in [-0.3, -0.25) is 9.59 Å². The molecule has 27 heavy (non-hydrogen) atoms. The Morgan fingerprint density at radius 1 is 0.963 bits per heavy atom. The molecule has 4 nitrogen and oxygen atoms in total. The Labute approximate surface area is 158 Å². The number of nitrogens with one attached hydrogen (secondary N) is 1. The Morgan fingerprint density at radius 3 is 2.41 bits per heavy atom. The number of rotatable bonds is 3. The van der Waals surface area contributed by atoms with E-state index >= 15 is 0 Å². The van der Waals surface area contributed by atoms with Gasteiger partial charge in [-0.05, 0) is 36.4 Å². The molecule has 0 unspecified atom stereocenters. The van der Waals surface area contributed by atoms with E-state index in [2.05, 4.69) is 5.32 Å². The summed E-state index contributed by atoms with van der Waals surface area (Å²) < 4.78 is 0.